The lowest BCUT2D eigenvalue weighted by Gasteiger charge is -2.23. The zero-order valence-corrected chi connectivity index (χ0v) is 12.1. The van der Waals surface area contributed by atoms with Crippen LogP contribution < -0.4 is 10.2 Å². The van der Waals surface area contributed by atoms with Crippen LogP contribution in [0.25, 0.3) is 0 Å². The lowest BCUT2D eigenvalue weighted by atomic mass is 10.2. The van der Waals surface area contributed by atoms with Crippen molar-refractivity contribution < 1.29 is 9.90 Å². The molecule has 1 fully saturated rings. The van der Waals surface area contributed by atoms with Crippen molar-refractivity contribution in [1.82, 2.24) is 15.2 Å². The maximum absolute atomic E-state index is 12.0. The molecule has 0 spiro atoms. The van der Waals surface area contributed by atoms with Gasteiger partial charge in [0.15, 0.2) is 0 Å². The van der Waals surface area contributed by atoms with E-state index in [4.69, 9.17) is 0 Å². The number of nitrogens with one attached hydrogen (secondary N) is 1. The van der Waals surface area contributed by atoms with Gasteiger partial charge >= 0.3 is 0 Å². The summed E-state index contributed by atoms with van der Waals surface area (Å²) in [6.45, 7) is 1.01. The van der Waals surface area contributed by atoms with Gasteiger partial charge in [-0.1, -0.05) is 11.3 Å². The maximum Gasteiger partial charge on any atom is 0.259 e. The third kappa shape index (κ3) is 3.01. The van der Waals surface area contributed by atoms with E-state index in [9.17, 15) is 9.90 Å². The van der Waals surface area contributed by atoms with Crippen molar-refractivity contribution in [2.75, 3.05) is 23.4 Å². The highest BCUT2D eigenvalue weighted by atomic mass is 32.1. The fraction of sp³-hybridized carbons (Fsp3) is 0.385. The van der Waals surface area contributed by atoms with Crippen molar-refractivity contribution in [2.45, 2.75) is 18.9 Å². The first-order valence-corrected chi connectivity index (χ1v) is 7.57. The van der Waals surface area contributed by atoms with E-state index < -0.39 is 0 Å². The van der Waals surface area contributed by atoms with E-state index in [-0.39, 0.29) is 18.6 Å². The molecule has 0 aromatic carbocycles. The Morgan fingerprint density at radius 2 is 2.43 bits per heavy atom. The number of rotatable bonds is 4. The summed E-state index contributed by atoms with van der Waals surface area (Å²) in [5, 5.41) is 19.9. The molecule has 3 heterocycles. The molecule has 0 bridgehead atoms. The van der Waals surface area contributed by atoms with Gasteiger partial charge in [0.25, 0.3) is 5.91 Å². The van der Waals surface area contributed by atoms with E-state index in [2.05, 4.69) is 25.4 Å². The monoisotopic (exact) mass is 305 g/mol. The Morgan fingerprint density at radius 3 is 3.10 bits per heavy atom. The summed E-state index contributed by atoms with van der Waals surface area (Å²) >= 11 is 1.26. The second-order valence-corrected chi connectivity index (χ2v) is 5.61. The predicted molar refractivity (Wildman–Crippen MR) is 79.6 cm³/mol. The zero-order chi connectivity index (χ0) is 14.7. The Kier molecular flexibility index (Phi) is 4.07. The molecule has 2 aromatic rings. The molecule has 2 N–H and O–H groups in total. The SMILES string of the molecule is O=C(Nc1nncs1)c1ccc(N2CCCC2CO)nc1. The van der Waals surface area contributed by atoms with Gasteiger partial charge in [-0.05, 0) is 25.0 Å². The lowest BCUT2D eigenvalue weighted by Crippen LogP contribution is -2.32. The van der Waals surface area contributed by atoms with Crippen molar-refractivity contribution >= 4 is 28.2 Å². The second-order valence-electron chi connectivity index (χ2n) is 4.78. The summed E-state index contributed by atoms with van der Waals surface area (Å²) in [5.74, 6) is 0.532. The van der Waals surface area contributed by atoms with E-state index in [0.717, 1.165) is 25.2 Å². The van der Waals surface area contributed by atoms with E-state index >= 15 is 0 Å². The number of hydrogen-bond acceptors (Lipinski definition) is 7. The van der Waals surface area contributed by atoms with Crippen LogP contribution in [0.1, 0.15) is 23.2 Å². The average Bonchev–Trinajstić information content (AvgIpc) is 3.18. The number of pyridine rings is 1. The summed E-state index contributed by atoms with van der Waals surface area (Å²) < 4.78 is 0. The molecule has 1 unspecified atom stereocenters. The molecule has 1 amide bonds. The highest BCUT2D eigenvalue weighted by Gasteiger charge is 2.24. The number of nitrogens with zero attached hydrogens (tertiary/aromatic N) is 4. The summed E-state index contributed by atoms with van der Waals surface area (Å²) in [7, 11) is 0. The van der Waals surface area contributed by atoms with Crippen LogP contribution in [0.5, 0.6) is 0 Å². The van der Waals surface area contributed by atoms with Crippen molar-refractivity contribution in [3.05, 3.63) is 29.4 Å². The minimum atomic E-state index is -0.258. The quantitative estimate of drug-likeness (QED) is 0.880. The largest absolute Gasteiger partial charge is 0.394 e. The number of carbonyl (C=O) groups is 1. The van der Waals surface area contributed by atoms with Crippen LogP contribution in [0, 0.1) is 0 Å². The fourth-order valence-electron chi connectivity index (χ4n) is 2.41. The first-order chi connectivity index (χ1) is 10.3. The topological polar surface area (TPSA) is 91.2 Å². The highest BCUT2D eigenvalue weighted by Crippen LogP contribution is 2.23. The lowest BCUT2D eigenvalue weighted by molar-refractivity contribution is 0.102. The van der Waals surface area contributed by atoms with Crippen LogP contribution >= 0.6 is 11.3 Å². The Morgan fingerprint density at radius 1 is 1.52 bits per heavy atom. The van der Waals surface area contributed by atoms with Gasteiger partial charge in [0.2, 0.25) is 5.13 Å². The number of aliphatic hydroxyl groups is 1. The van der Waals surface area contributed by atoms with Gasteiger partial charge in [-0.3, -0.25) is 10.1 Å². The van der Waals surface area contributed by atoms with Gasteiger partial charge in [0.05, 0.1) is 18.2 Å². The molecule has 2 aromatic heterocycles. The van der Waals surface area contributed by atoms with Gasteiger partial charge in [0.1, 0.15) is 11.3 Å². The summed E-state index contributed by atoms with van der Waals surface area (Å²) in [4.78, 5) is 18.4. The van der Waals surface area contributed by atoms with Gasteiger partial charge in [0, 0.05) is 12.7 Å². The van der Waals surface area contributed by atoms with Gasteiger partial charge in [-0.25, -0.2) is 4.98 Å². The number of aliphatic hydroxyl groups excluding tert-OH is 1. The molecule has 1 aliphatic heterocycles. The van der Waals surface area contributed by atoms with Crippen LogP contribution in [0.15, 0.2) is 23.8 Å². The Balaban J connectivity index is 1.70. The third-order valence-corrected chi connectivity index (χ3v) is 4.08. The van der Waals surface area contributed by atoms with E-state index in [1.165, 1.54) is 11.3 Å². The van der Waals surface area contributed by atoms with Crippen LogP contribution in [0.3, 0.4) is 0 Å². The van der Waals surface area contributed by atoms with Gasteiger partial charge in [-0.15, -0.1) is 10.2 Å². The molecular weight excluding hydrogens is 290 g/mol. The molecule has 1 saturated heterocycles. The third-order valence-electron chi connectivity index (χ3n) is 3.47. The van der Waals surface area contributed by atoms with Crippen LogP contribution in [-0.4, -0.2) is 45.4 Å². The van der Waals surface area contributed by atoms with Crippen LogP contribution in [0.4, 0.5) is 10.9 Å². The number of amides is 1. The van der Waals surface area contributed by atoms with E-state index in [0.29, 0.717) is 10.7 Å². The molecule has 1 aliphatic rings. The van der Waals surface area contributed by atoms with Crippen molar-refractivity contribution in [3.8, 4) is 0 Å². The molecule has 3 rings (SSSR count). The maximum atomic E-state index is 12.0. The molecule has 110 valence electrons. The highest BCUT2D eigenvalue weighted by molar-refractivity contribution is 7.13. The van der Waals surface area contributed by atoms with Crippen LogP contribution in [0.2, 0.25) is 0 Å². The molecular formula is C13H15N5O2S. The summed E-state index contributed by atoms with van der Waals surface area (Å²) in [6, 6.07) is 3.66. The van der Waals surface area contributed by atoms with Crippen LogP contribution in [-0.2, 0) is 0 Å². The minimum Gasteiger partial charge on any atom is -0.394 e. The molecule has 0 radical (unpaired) electrons. The second kappa shape index (κ2) is 6.15. The van der Waals surface area contributed by atoms with E-state index in [1.807, 2.05) is 6.07 Å². The summed E-state index contributed by atoms with van der Waals surface area (Å²) in [6.07, 6.45) is 3.56. The first kappa shape index (κ1) is 13.9. The molecule has 1 atom stereocenters. The number of anilines is 2. The molecule has 0 saturated carbocycles. The van der Waals surface area contributed by atoms with Crippen molar-refractivity contribution in [1.29, 1.82) is 0 Å². The van der Waals surface area contributed by atoms with Crippen molar-refractivity contribution in [3.63, 3.8) is 0 Å². The smallest absolute Gasteiger partial charge is 0.259 e. The van der Waals surface area contributed by atoms with E-state index in [1.54, 1.807) is 17.8 Å². The Hall–Kier alpha value is -2.06. The molecule has 21 heavy (non-hydrogen) atoms. The standard InChI is InChI=1S/C13H15N5O2S/c19-7-10-2-1-5-18(10)11-4-3-9(6-14-11)12(20)16-13-17-15-8-21-13/h3-4,6,8,10,19H,1-2,5,7H2,(H,16,17,20). The van der Waals surface area contributed by atoms with Gasteiger partial charge in [-0.2, -0.15) is 0 Å². The minimum absolute atomic E-state index is 0.124. The number of hydrogen-bond donors (Lipinski definition) is 2. The molecule has 7 nitrogen and oxygen atoms in total. The normalized spacial score (nSPS) is 18.0. The fourth-order valence-corrected chi connectivity index (χ4v) is 2.85. The van der Waals surface area contributed by atoms with Crippen molar-refractivity contribution in [2.24, 2.45) is 0 Å². The first-order valence-electron chi connectivity index (χ1n) is 6.69. The Bertz CT molecular complexity index is 602. The molecule has 8 heteroatoms. The number of aromatic nitrogens is 3. The van der Waals surface area contributed by atoms with Gasteiger partial charge < -0.3 is 10.0 Å². The summed E-state index contributed by atoms with van der Waals surface area (Å²) in [5.41, 5.74) is 2.02. The molecule has 0 aliphatic carbocycles. The number of carbonyl (C=O) groups excluding carboxylic acids is 1. The average molecular weight is 305 g/mol. The Labute approximate surface area is 125 Å². The zero-order valence-electron chi connectivity index (χ0n) is 11.3. The predicted octanol–water partition coefficient (Wildman–Crippen LogP) is 1.15.